The van der Waals surface area contributed by atoms with Crippen molar-refractivity contribution >= 4 is 21.5 Å². The zero-order chi connectivity index (χ0) is 30.9. The Morgan fingerprint density at radius 1 is 0.370 bits per heavy atom. The minimum Gasteiger partial charge on any atom is -0.228 e. The predicted octanol–water partition coefficient (Wildman–Crippen LogP) is 11.0. The van der Waals surface area contributed by atoms with Crippen molar-refractivity contribution in [3.8, 4) is 62.2 Å². The molecule has 0 saturated carbocycles. The third kappa shape index (κ3) is 4.89. The monoisotopic (exact) mass is 585 g/mol. The maximum atomic E-state index is 9.59. The number of fused-ring (bicyclic) bond motifs is 3. The Bertz CT molecular complexity index is 2410. The van der Waals surface area contributed by atoms with Gasteiger partial charge in [-0.2, -0.15) is 5.26 Å². The second kappa shape index (κ2) is 11.6. The lowest BCUT2D eigenvalue weighted by Gasteiger charge is -2.19. The summed E-state index contributed by atoms with van der Waals surface area (Å²) in [4.78, 5) is 10.1. The molecule has 0 N–H and O–H groups in total. The van der Waals surface area contributed by atoms with Gasteiger partial charge >= 0.3 is 0 Å². The standard InChI is InChI=1S/C43H27N3/c44-28-29-13-12-20-33(25-29)39-27-40(46-43(45-39)32-18-8-3-9-19-32)34-23-24-36-35-21-10-11-22-37(35)41(30-14-4-1-5-15-30)42(38(36)26-34)31-16-6-2-7-17-31/h1-27H. The van der Waals surface area contributed by atoms with E-state index in [-0.39, 0.29) is 0 Å². The number of nitrogens with zero attached hydrogens (tertiary/aromatic N) is 3. The highest BCUT2D eigenvalue weighted by molar-refractivity contribution is 6.22. The van der Waals surface area contributed by atoms with Gasteiger partial charge in [-0.1, -0.05) is 140 Å². The van der Waals surface area contributed by atoms with E-state index in [4.69, 9.17) is 9.97 Å². The highest BCUT2D eigenvalue weighted by atomic mass is 14.9. The van der Waals surface area contributed by atoms with Crippen LogP contribution < -0.4 is 0 Å². The molecule has 0 fully saturated rings. The molecule has 214 valence electrons. The molecule has 0 saturated heterocycles. The summed E-state index contributed by atoms with van der Waals surface area (Å²) in [6.07, 6.45) is 0. The van der Waals surface area contributed by atoms with Gasteiger partial charge < -0.3 is 0 Å². The zero-order valence-corrected chi connectivity index (χ0v) is 24.9. The van der Waals surface area contributed by atoms with Gasteiger partial charge in [-0.3, -0.25) is 0 Å². The van der Waals surface area contributed by atoms with Gasteiger partial charge in [0.1, 0.15) is 0 Å². The number of aromatic nitrogens is 2. The molecule has 0 amide bonds. The van der Waals surface area contributed by atoms with E-state index in [0.717, 1.165) is 39.0 Å². The summed E-state index contributed by atoms with van der Waals surface area (Å²) in [5, 5.41) is 14.4. The van der Waals surface area contributed by atoms with E-state index in [1.807, 2.05) is 60.7 Å². The van der Waals surface area contributed by atoms with Crippen molar-refractivity contribution in [2.24, 2.45) is 0 Å². The third-order valence-corrected chi connectivity index (χ3v) is 8.49. The summed E-state index contributed by atoms with van der Waals surface area (Å²) in [6.45, 7) is 0. The van der Waals surface area contributed by atoms with Crippen LogP contribution in [0.25, 0.3) is 77.7 Å². The first-order valence-electron chi connectivity index (χ1n) is 15.3. The lowest BCUT2D eigenvalue weighted by Crippen LogP contribution is -1.97. The van der Waals surface area contributed by atoms with Crippen LogP contribution in [-0.4, -0.2) is 9.97 Å². The first-order chi connectivity index (χ1) is 22.8. The molecular formula is C43H27N3. The summed E-state index contributed by atoms with van der Waals surface area (Å²) < 4.78 is 0. The van der Waals surface area contributed by atoms with E-state index in [0.29, 0.717) is 11.4 Å². The topological polar surface area (TPSA) is 49.6 Å². The van der Waals surface area contributed by atoms with Crippen molar-refractivity contribution in [2.45, 2.75) is 0 Å². The van der Waals surface area contributed by atoms with Crippen molar-refractivity contribution in [1.29, 1.82) is 5.26 Å². The molecule has 0 atom stereocenters. The zero-order valence-electron chi connectivity index (χ0n) is 24.9. The van der Waals surface area contributed by atoms with Crippen molar-refractivity contribution in [1.82, 2.24) is 9.97 Å². The maximum Gasteiger partial charge on any atom is 0.160 e. The highest BCUT2D eigenvalue weighted by Crippen LogP contribution is 2.45. The number of hydrogen-bond acceptors (Lipinski definition) is 3. The summed E-state index contributed by atoms with van der Waals surface area (Å²) in [6, 6.07) is 58.6. The smallest absolute Gasteiger partial charge is 0.160 e. The maximum absolute atomic E-state index is 9.59. The van der Waals surface area contributed by atoms with Crippen molar-refractivity contribution in [3.05, 3.63) is 169 Å². The van der Waals surface area contributed by atoms with Crippen LogP contribution in [0.1, 0.15) is 5.56 Å². The van der Waals surface area contributed by atoms with Crippen LogP contribution in [0.2, 0.25) is 0 Å². The number of hydrogen-bond donors (Lipinski definition) is 0. The minimum absolute atomic E-state index is 0.595. The number of rotatable bonds is 5. The first kappa shape index (κ1) is 27.2. The second-order valence-electron chi connectivity index (χ2n) is 11.3. The summed E-state index contributed by atoms with van der Waals surface area (Å²) in [5.41, 5.74) is 9.75. The van der Waals surface area contributed by atoms with E-state index in [1.165, 1.54) is 32.8 Å². The van der Waals surface area contributed by atoms with Crippen LogP contribution in [0.5, 0.6) is 0 Å². The fraction of sp³-hybridized carbons (Fsp3) is 0. The predicted molar refractivity (Wildman–Crippen MR) is 189 cm³/mol. The van der Waals surface area contributed by atoms with E-state index >= 15 is 0 Å². The molecule has 1 aromatic heterocycles. The average Bonchev–Trinajstić information content (AvgIpc) is 3.15. The second-order valence-corrected chi connectivity index (χ2v) is 11.3. The van der Waals surface area contributed by atoms with Gasteiger partial charge in [-0.25, -0.2) is 9.97 Å². The quantitative estimate of drug-likeness (QED) is 0.189. The third-order valence-electron chi connectivity index (χ3n) is 8.49. The van der Waals surface area contributed by atoms with Crippen molar-refractivity contribution < 1.29 is 0 Å². The Balaban J connectivity index is 1.44. The molecule has 0 aliphatic heterocycles. The fourth-order valence-corrected chi connectivity index (χ4v) is 6.37. The van der Waals surface area contributed by atoms with Gasteiger partial charge in [0.15, 0.2) is 5.82 Å². The number of nitriles is 1. The van der Waals surface area contributed by atoms with Crippen LogP contribution in [0.3, 0.4) is 0 Å². The normalized spacial score (nSPS) is 11.0. The Hall–Kier alpha value is -6.37. The molecule has 0 unspecified atom stereocenters. The molecule has 3 nitrogen and oxygen atoms in total. The Morgan fingerprint density at radius 2 is 0.870 bits per heavy atom. The van der Waals surface area contributed by atoms with E-state index in [1.54, 1.807) is 0 Å². The minimum atomic E-state index is 0.595. The molecular weight excluding hydrogens is 558 g/mol. The van der Waals surface area contributed by atoms with Gasteiger partial charge in [-0.15, -0.1) is 0 Å². The van der Waals surface area contributed by atoms with E-state index in [9.17, 15) is 5.26 Å². The van der Waals surface area contributed by atoms with Gasteiger partial charge in [-0.05, 0) is 68.1 Å². The average molecular weight is 586 g/mol. The van der Waals surface area contributed by atoms with Gasteiger partial charge in [0, 0.05) is 16.7 Å². The molecule has 3 heteroatoms. The fourth-order valence-electron chi connectivity index (χ4n) is 6.37. The van der Waals surface area contributed by atoms with E-state index in [2.05, 4.69) is 109 Å². The summed E-state index contributed by atoms with van der Waals surface area (Å²) in [5.74, 6) is 0.641. The Labute approximate surface area is 267 Å². The van der Waals surface area contributed by atoms with Crippen LogP contribution in [0.4, 0.5) is 0 Å². The molecule has 7 aromatic carbocycles. The first-order valence-corrected chi connectivity index (χ1v) is 15.3. The largest absolute Gasteiger partial charge is 0.228 e. The molecule has 8 aromatic rings. The van der Waals surface area contributed by atoms with Crippen LogP contribution >= 0.6 is 0 Å². The van der Waals surface area contributed by atoms with Crippen molar-refractivity contribution in [2.75, 3.05) is 0 Å². The molecule has 8 rings (SSSR count). The molecule has 0 bridgehead atoms. The molecule has 0 spiro atoms. The van der Waals surface area contributed by atoms with Crippen molar-refractivity contribution in [3.63, 3.8) is 0 Å². The Morgan fingerprint density at radius 3 is 1.50 bits per heavy atom. The Kier molecular flexibility index (Phi) is 6.87. The molecule has 46 heavy (non-hydrogen) atoms. The van der Waals surface area contributed by atoms with Crippen LogP contribution in [0.15, 0.2) is 164 Å². The number of benzene rings is 7. The SMILES string of the molecule is N#Cc1cccc(-c2cc(-c3ccc4c(c3)c(-c3ccccc3)c(-c3ccccc3)c3ccccc34)nc(-c3ccccc3)n2)c1. The summed E-state index contributed by atoms with van der Waals surface area (Å²) >= 11 is 0. The molecule has 0 radical (unpaired) electrons. The van der Waals surface area contributed by atoms with Gasteiger partial charge in [0.25, 0.3) is 0 Å². The molecule has 1 heterocycles. The summed E-state index contributed by atoms with van der Waals surface area (Å²) in [7, 11) is 0. The van der Waals surface area contributed by atoms with Gasteiger partial charge in [0.2, 0.25) is 0 Å². The lowest BCUT2D eigenvalue weighted by atomic mass is 9.84. The van der Waals surface area contributed by atoms with Crippen LogP contribution in [-0.2, 0) is 0 Å². The van der Waals surface area contributed by atoms with Crippen LogP contribution in [0, 0.1) is 11.3 Å². The lowest BCUT2D eigenvalue weighted by molar-refractivity contribution is 1.18. The molecule has 0 aliphatic carbocycles. The van der Waals surface area contributed by atoms with Gasteiger partial charge in [0.05, 0.1) is 23.0 Å². The van der Waals surface area contributed by atoms with E-state index < -0.39 is 0 Å². The molecule has 0 aliphatic rings. The highest BCUT2D eigenvalue weighted by Gasteiger charge is 2.19.